The van der Waals surface area contributed by atoms with Gasteiger partial charge in [-0.05, 0) is 24.8 Å². The molecule has 0 bridgehead atoms. The van der Waals surface area contributed by atoms with E-state index in [2.05, 4.69) is 4.99 Å². The topological polar surface area (TPSA) is 46.5 Å². The van der Waals surface area contributed by atoms with E-state index in [1.807, 2.05) is 0 Å². The Morgan fingerprint density at radius 3 is 2.58 bits per heavy atom. The lowest BCUT2D eigenvalue weighted by Gasteiger charge is -1.96. The van der Waals surface area contributed by atoms with E-state index in [-0.39, 0.29) is 0 Å². The molecule has 0 atom stereocenters. The largest absolute Gasteiger partial charge is 0.293 e. The number of hydrogen-bond donors (Lipinski definition) is 0. The monoisotopic (exact) mass is 187 g/mol. The molecule has 0 amide bonds. The Balaban J connectivity index is 2.97. The van der Waals surface area contributed by atoms with Crippen molar-refractivity contribution in [3.8, 4) is 0 Å². The fraction of sp³-hybridized carbons (Fsp3) is 0.625. The van der Waals surface area contributed by atoms with E-state index >= 15 is 0 Å². The Kier molecular flexibility index (Phi) is 2.67. The minimum atomic E-state index is -2.99. The van der Waals surface area contributed by atoms with Crippen LogP contribution in [0.4, 0.5) is 0 Å². The van der Waals surface area contributed by atoms with Crippen LogP contribution in [0.3, 0.4) is 0 Å². The second kappa shape index (κ2) is 3.39. The number of nitrogens with zero attached hydrogens (tertiary/aromatic N) is 1. The highest BCUT2D eigenvalue weighted by Crippen LogP contribution is 2.22. The Labute approximate surface area is 73.1 Å². The Hall–Kier alpha value is -0.640. The molecule has 0 saturated heterocycles. The third-order valence-electron chi connectivity index (χ3n) is 1.86. The molecule has 0 N–H and O–H groups in total. The van der Waals surface area contributed by atoms with E-state index in [4.69, 9.17) is 0 Å². The smallest absolute Gasteiger partial charge is 0.169 e. The van der Waals surface area contributed by atoms with Crippen LogP contribution in [0.25, 0.3) is 0 Å². The third-order valence-corrected chi connectivity index (χ3v) is 2.57. The van der Waals surface area contributed by atoms with Gasteiger partial charge in [0.1, 0.15) is 0 Å². The summed E-state index contributed by atoms with van der Waals surface area (Å²) in [5, 5.41) is 1.34. The van der Waals surface area contributed by atoms with Gasteiger partial charge in [0.05, 0.1) is 0 Å². The van der Waals surface area contributed by atoms with Gasteiger partial charge >= 0.3 is 0 Å². The molecule has 3 nitrogen and oxygen atoms in total. The minimum Gasteiger partial charge on any atom is -0.293 e. The molecule has 0 spiro atoms. The number of rotatable bonds is 1. The number of hydrogen-bond acceptors (Lipinski definition) is 3. The maximum absolute atomic E-state index is 10.9. The second-order valence-corrected chi connectivity index (χ2v) is 4.89. The molecule has 1 fully saturated rings. The lowest BCUT2D eigenvalue weighted by atomic mass is 10.2. The lowest BCUT2D eigenvalue weighted by molar-refractivity contribution is 0.610. The van der Waals surface area contributed by atoms with Crippen molar-refractivity contribution in [1.29, 1.82) is 0 Å². The zero-order valence-corrected chi connectivity index (χ0v) is 8.19. The summed E-state index contributed by atoms with van der Waals surface area (Å²) >= 11 is 0. The normalized spacial score (nSPS) is 25.5. The van der Waals surface area contributed by atoms with E-state index in [0.29, 0.717) is 0 Å². The molecule has 0 aromatic carbocycles. The molecule has 4 heteroatoms. The van der Waals surface area contributed by atoms with Crippen molar-refractivity contribution in [2.24, 2.45) is 4.99 Å². The quantitative estimate of drug-likeness (QED) is 0.618. The van der Waals surface area contributed by atoms with Crippen LogP contribution in [0.5, 0.6) is 0 Å². The van der Waals surface area contributed by atoms with Gasteiger partial charge < -0.3 is 0 Å². The van der Waals surface area contributed by atoms with Gasteiger partial charge in [0.2, 0.25) is 0 Å². The van der Waals surface area contributed by atoms with Gasteiger partial charge in [-0.15, -0.1) is 0 Å². The first-order chi connectivity index (χ1) is 5.53. The molecule has 68 valence electrons. The first-order valence-electron chi connectivity index (χ1n) is 3.89. The van der Waals surface area contributed by atoms with E-state index in [1.54, 1.807) is 7.05 Å². The predicted octanol–water partition coefficient (Wildman–Crippen LogP) is 1.17. The van der Waals surface area contributed by atoms with Crippen LogP contribution < -0.4 is 0 Å². The molecule has 1 rings (SSSR count). The van der Waals surface area contributed by atoms with E-state index in [0.717, 1.165) is 30.5 Å². The number of sulfone groups is 1. The van der Waals surface area contributed by atoms with E-state index in [1.165, 1.54) is 11.7 Å². The maximum atomic E-state index is 10.9. The van der Waals surface area contributed by atoms with Gasteiger partial charge in [0.15, 0.2) is 9.84 Å². The van der Waals surface area contributed by atoms with E-state index in [9.17, 15) is 8.42 Å². The highest BCUT2D eigenvalue weighted by atomic mass is 32.2. The SMILES string of the molecule is CN=C1CCCC1=CS(C)(=O)=O. The molecule has 1 aliphatic carbocycles. The fourth-order valence-corrected chi connectivity index (χ4v) is 2.16. The van der Waals surface area contributed by atoms with Crippen molar-refractivity contribution in [3.05, 3.63) is 11.0 Å². The Morgan fingerprint density at radius 2 is 2.08 bits per heavy atom. The molecule has 12 heavy (non-hydrogen) atoms. The third kappa shape index (κ3) is 2.44. The highest BCUT2D eigenvalue weighted by molar-refractivity contribution is 7.93. The molecule has 0 aromatic rings. The molecule has 0 aliphatic heterocycles. The van der Waals surface area contributed by atoms with Crippen LogP contribution in [0.15, 0.2) is 16.0 Å². The maximum Gasteiger partial charge on any atom is 0.169 e. The first-order valence-corrected chi connectivity index (χ1v) is 5.85. The standard InChI is InChI=1S/C8H13NO2S/c1-9-8-5-3-4-7(8)6-12(2,10)11/h6H,3-5H2,1-2H3. The summed E-state index contributed by atoms with van der Waals surface area (Å²) in [6, 6.07) is 0. The van der Waals surface area contributed by atoms with Gasteiger partial charge in [0.25, 0.3) is 0 Å². The first kappa shape index (κ1) is 9.45. The van der Waals surface area contributed by atoms with Crippen molar-refractivity contribution < 1.29 is 8.42 Å². The summed E-state index contributed by atoms with van der Waals surface area (Å²) in [5.41, 5.74) is 1.83. The summed E-state index contributed by atoms with van der Waals surface area (Å²) in [4.78, 5) is 4.04. The van der Waals surface area contributed by atoms with Crippen LogP contribution in [0.2, 0.25) is 0 Å². The van der Waals surface area contributed by atoms with Crippen LogP contribution in [0, 0.1) is 0 Å². The molecule has 0 aromatic heterocycles. The summed E-state index contributed by atoms with van der Waals surface area (Å²) in [5.74, 6) is 0. The Bertz CT molecular complexity index is 325. The molecule has 0 heterocycles. The van der Waals surface area contributed by atoms with Gasteiger partial charge in [-0.1, -0.05) is 0 Å². The summed E-state index contributed by atoms with van der Waals surface area (Å²) in [6.45, 7) is 0. The van der Waals surface area contributed by atoms with Crippen LogP contribution in [-0.2, 0) is 9.84 Å². The molecule has 0 unspecified atom stereocenters. The number of allylic oxidation sites excluding steroid dienone is 1. The summed E-state index contributed by atoms with van der Waals surface area (Å²) in [6.07, 6.45) is 4.00. The van der Waals surface area contributed by atoms with Crippen molar-refractivity contribution in [2.45, 2.75) is 19.3 Å². The molecule has 0 radical (unpaired) electrons. The average molecular weight is 187 g/mol. The summed E-state index contributed by atoms with van der Waals surface area (Å²) in [7, 11) is -1.29. The van der Waals surface area contributed by atoms with Crippen LogP contribution in [0.1, 0.15) is 19.3 Å². The summed E-state index contributed by atoms with van der Waals surface area (Å²) < 4.78 is 21.8. The van der Waals surface area contributed by atoms with Crippen molar-refractivity contribution in [1.82, 2.24) is 0 Å². The van der Waals surface area contributed by atoms with Gasteiger partial charge in [-0.25, -0.2) is 8.42 Å². The van der Waals surface area contributed by atoms with Crippen molar-refractivity contribution in [2.75, 3.05) is 13.3 Å². The second-order valence-electron chi connectivity index (χ2n) is 3.00. The number of aliphatic imine (C=N–C) groups is 1. The zero-order chi connectivity index (χ0) is 9.19. The fourth-order valence-electron chi connectivity index (χ4n) is 1.39. The van der Waals surface area contributed by atoms with Crippen molar-refractivity contribution >= 4 is 15.5 Å². The molecular weight excluding hydrogens is 174 g/mol. The molecule has 1 saturated carbocycles. The van der Waals surface area contributed by atoms with E-state index < -0.39 is 9.84 Å². The highest BCUT2D eigenvalue weighted by Gasteiger charge is 2.15. The van der Waals surface area contributed by atoms with Crippen LogP contribution in [-0.4, -0.2) is 27.4 Å². The van der Waals surface area contributed by atoms with Gasteiger partial charge in [-0.2, -0.15) is 0 Å². The van der Waals surface area contributed by atoms with Gasteiger partial charge in [-0.3, -0.25) is 4.99 Å². The lowest BCUT2D eigenvalue weighted by Crippen LogP contribution is -1.98. The molecular formula is C8H13NO2S. The Morgan fingerprint density at radius 1 is 1.42 bits per heavy atom. The minimum absolute atomic E-state index is 0.847. The predicted molar refractivity (Wildman–Crippen MR) is 50.1 cm³/mol. The molecule has 1 aliphatic rings. The van der Waals surface area contributed by atoms with Crippen LogP contribution >= 0.6 is 0 Å². The zero-order valence-electron chi connectivity index (χ0n) is 7.37. The van der Waals surface area contributed by atoms with Gasteiger partial charge in [0, 0.05) is 24.4 Å². The van der Waals surface area contributed by atoms with Crippen molar-refractivity contribution in [3.63, 3.8) is 0 Å². The average Bonchev–Trinajstić information content (AvgIpc) is 2.31.